The van der Waals surface area contributed by atoms with Crippen LogP contribution in [-0.4, -0.2) is 35.3 Å². The minimum atomic E-state index is -0.114. The van der Waals surface area contributed by atoms with Crippen molar-refractivity contribution in [1.82, 2.24) is 20.4 Å². The van der Waals surface area contributed by atoms with Crippen LogP contribution >= 0.6 is 12.4 Å². The van der Waals surface area contributed by atoms with Gasteiger partial charge in [0.2, 0.25) is 0 Å². The largest absolute Gasteiger partial charge is 0.349 e. The van der Waals surface area contributed by atoms with E-state index in [2.05, 4.69) is 15.7 Å². The van der Waals surface area contributed by atoms with Crippen LogP contribution in [0.2, 0.25) is 0 Å². The Morgan fingerprint density at radius 2 is 2.19 bits per heavy atom. The number of carbonyl (C=O) groups is 1. The van der Waals surface area contributed by atoms with Crippen molar-refractivity contribution in [2.45, 2.75) is 13.8 Å². The molecule has 0 radical (unpaired) electrons. The van der Waals surface area contributed by atoms with Gasteiger partial charge in [0.1, 0.15) is 5.69 Å². The van der Waals surface area contributed by atoms with Gasteiger partial charge in [0.25, 0.3) is 5.91 Å². The fraction of sp³-hybridized carbons (Fsp3) is 0.600. The van der Waals surface area contributed by atoms with E-state index in [1.165, 1.54) is 0 Å². The van der Waals surface area contributed by atoms with Crippen LogP contribution in [0.3, 0.4) is 0 Å². The Bertz CT molecular complexity index is 318. The van der Waals surface area contributed by atoms with Gasteiger partial charge in [-0.3, -0.25) is 9.48 Å². The number of rotatable bonds is 5. The molecule has 92 valence electrons. The third kappa shape index (κ3) is 4.20. The van der Waals surface area contributed by atoms with Crippen molar-refractivity contribution in [1.29, 1.82) is 0 Å². The highest BCUT2D eigenvalue weighted by Crippen LogP contribution is 2.00. The Hall–Kier alpha value is -1.07. The second-order valence-electron chi connectivity index (χ2n) is 3.40. The maximum absolute atomic E-state index is 11.6. The first-order valence-electron chi connectivity index (χ1n) is 5.14. The summed E-state index contributed by atoms with van der Waals surface area (Å²) in [6.45, 7) is 6.28. The highest BCUT2D eigenvalue weighted by Gasteiger charge is 2.09. The van der Waals surface area contributed by atoms with E-state index >= 15 is 0 Å². The minimum Gasteiger partial charge on any atom is -0.349 e. The standard InChI is InChI=1S/C10H18N4O.ClH/c1-4-11-5-6-12-10(15)9-7-8(2)14(3)13-9;/h7,11H,4-6H2,1-3H3,(H,12,15);1H. The van der Waals surface area contributed by atoms with Crippen LogP contribution in [-0.2, 0) is 7.05 Å². The first-order valence-corrected chi connectivity index (χ1v) is 5.14. The fourth-order valence-corrected chi connectivity index (χ4v) is 1.20. The van der Waals surface area contributed by atoms with E-state index in [-0.39, 0.29) is 18.3 Å². The number of nitrogens with zero attached hydrogens (tertiary/aromatic N) is 2. The van der Waals surface area contributed by atoms with Crippen molar-refractivity contribution in [3.63, 3.8) is 0 Å². The number of aryl methyl sites for hydroxylation is 2. The molecule has 0 aromatic carbocycles. The van der Waals surface area contributed by atoms with Crippen LogP contribution < -0.4 is 10.6 Å². The van der Waals surface area contributed by atoms with Crippen molar-refractivity contribution in [3.05, 3.63) is 17.5 Å². The zero-order valence-corrected chi connectivity index (χ0v) is 10.7. The van der Waals surface area contributed by atoms with Crippen LogP contribution in [0.5, 0.6) is 0 Å². The zero-order chi connectivity index (χ0) is 11.3. The van der Waals surface area contributed by atoms with Gasteiger partial charge in [0, 0.05) is 25.8 Å². The van der Waals surface area contributed by atoms with E-state index in [1.54, 1.807) is 10.7 Å². The molecule has 0 atom stereocenters. The molecule has 1 aromatic rings. The van der Waals surface area contributed by atoms with E-state index in [0.717, 1.165) is 18.8 Å². The van der Waals surface area contributed by atoms with Crippen LogP contribution in [0.25, 0.3) is 0 Å². The summed E-state index contributed by atoms with van der Waals surface area (Å²) in [5, 5.41) is 10.0. The molecular weight excluding hydrogens is 228 g/mol. The molecule has 16 heavy (non-hydrogen) atoms. The van der Waals surface area contributed by atoms with Crippen LogP contribution in [0.4, 0.5) is 0 Å². The van der Waals surface area contributed by atoms with Crippen molar-refractivity contribution in [3.8, 4) is 0 Å². The minimum absolute atomic E-state index is 0. The Balaban J connectivity index is 0.00000225. The average molecular weight is 247 g/mol. The third-order valence-electron chi connectivity index (χ3n) is 2.18. The number of carbonyl (C=O) groups excluding carboxylic acids is 1. The van der Waals surface area contributed by atoms with Gasteiger partial charge in [-0.15, -0.1) is 12.4 Å². The lowest BCUT2D eigenvalue weighted by Crippen LogP contribution is -2.31. The van der Waals surface area contributed by atoms with E-state index in [1.807, 2.05) is 20.9 Å². The number of halogens is 1. The lowest BCUT2D eigenvalue weighted by Gasteiger charge is -2.02. The molecule has 5 nitrogen and oxygen atoms in total. The summed E-state index contributed by atoms with van der Waals surface area (Å²) in [5.74, 6) is -0.114. The van der Waals surface area contributed by atoms with Gasteiger partial charge in [0.15, 0.2) is 0 Å². The number of amides is 1. The lowest BCUT2D eigenvalue weighted by atomic mass is 10.3. The molecule has 0 unspecified atom stereocenters. The molecule has 0 aliphatic heterocycles. The van der Waals surface area contributed by atoms with Crippen molar-refractivity contribution in [2.75, 3.05) is 19.6 Å². The third-order valence-corrected chi connectivity index (χ3v) is 2.18. The summed E-state index contributed by atoms with van der Waals surface area (Å²) in [5.41, 5.74) is 1.46. The summed E-state index contributed by atoms with van der Waals surface area (Å²) in [7, 11) is 1.82. The number of likely N-dealkylation sites (N-methyl/N-ethyl adjacent to an activating group) is 1. The number of hydrogen-bond donors (Lipinski definition) is 2. The normalized spacial score (nSPS) is 9.69. The van der Waals surface area contributed by atoms with Gasteiger partial charge >= 0.3 is 0 Å². The molecule has 1 aromatic heterocycles. The molecule has 6 heteroatoms. The Morgan fingerprint density at radius 1 is 1.50 bits per heavy atom. The Kier molecular flexibility index (Phi) is 6.76. The topological polar surface area (TPSA) is 58.9 Å². The van der Waals surface area contributed by atoms with Crippen molar-refractivity contribution < 1.29 is 4.79 Å². The summed E-state index contributed by atoms with van der Waals surface area (Å²) >= 11 is 0. The first-order chi connectivity index (χ1) is 7.15. The molecule has 0 aliphatic carbocycles. The highest BCUT2D eigenvalue weighted by molar-refractivity contribution is 5.92. The van der Waals surface area contributed by atoms with Gasteiger partial charge < -0.3 is 10.6 Å². The van der Waals surface area contributed by atoms with Crippen molar-refractivity contribution >= 4 is 18.3 Å². The number of nitrogens with one attached hydrogen (secondary N) is 2. The molecule has 2 N–H and O–H groups in total. The van der Waals surface area contributed by atoms with Gasteiger partial charge in [0.05, 0.1) is 0 Å². The van der Waals surface area contributed by atoms with E-state index in [4.69, 9.17) is 0 Å². The lowest BCUT2D eigenvalue weighted by molar-refractivity contribution is 0.0948. The van der Waals surface area contributed by atoms with Crippen LogP contribution in [0.1, 0.15) is 23.1 Å². The zero-order valence-electron chi connectivity index (χ0n) is 9.91. The SMILES string of the molecule is CCNCCNC(=O)c1cc(C)n(C)n1.Cl. The maximum atomic E-state index is 11.6. The second kappa shape index (κ2) is 7.24. The van der Waals surface area contributed by atoms with Crippen molar-refractivity contribution in [2.24, 2.45) is 7.05 Å². The molecule has 1 amide bonds. The molecule has 0 spiro atoms. The molecule has 0 bridgehead atoms. The summed E-state index contributed by atoms with van der Waals surface area (Å²) < 4.78 is 1.69. The predicted molar refractivity (Wildman–Crippen MR) is 66.1 cm³/mol. The molecule has 0 aliphatic rings. The van der Waals surface area contributed by atoms with Crippen LogP contribution in [0, 0.1) is 6.92 Å². The molecular formula is C10H19ClN4O. The quantitative estimate of drug-likeness (QED) is 0.744. The van der Waals surface area contributed by atoms with Gasteiger partial charge in [-0.1, -0.05) is 6.92 Å². The van der Waals surface area contributed by atoms with Gasteiger partial charge in [-0.25, -0.2) is 0 Å². The Morgan fingerprint density at radius 3 is 2.69 bits per heavy atom. The van der Waals surface area contributed by atoms with E-state index in [0.29, 0.717) is 12.2 Å². The van der Waals surface area contributed by atoms with Crippen LogP contribution in [0.15, 0.2) is 6.07 Å². The summed E-state index contributed by atoms with van der Waals surface area (Å²) in [6.07, 6.45) is 0. The summed E-state index contributed by atoms with van der Waals surface area (Å²) in [4.78, 5) is 11.6. The van der Waals surface area contributed by atoms with E-state index in [9.17, 15) is 4.79 Å². The maximum Gasteiger partial charge on any atom is 0.271 e. The fourth-order valence-electron chi connectivity index (χ4n) is 1.20. The molecule has 0 saturated heterocycles. The monoisotopic (exact) mass is 246 g/mol. The molecule has 0 fully saturated rings. The highest BCUT2D eigenvalue weighted by atomic mass is 35.5. The number of hydrogen-bond acceptors (Lipinski definition) is 3. The van der Waals surface area contributed by atoms with Gasteiger partial charge in [-0.2, -0.15) is 5.10 Å². The smallest absolute Gasteiger partial charge is 0.271 e. The first kappa shape index (κ1) is 14.9. The molecule has 1 heterocycles. The van der Waals surface area contributed by atoms with E-state index < -0.39 is 0 Å². The second-order valence-corrected chi connectivity index (χ2v) is 3.40. The van der Waals surface area contributed by atoms with Gasteiger partial charge in [-0.05, 0) is 19.5 Å². The number of aromatic nitrogens is 2. The average Bonchev–Trinajstić information content (AvgIpc) is 2.54. The Labute approximate surface area is 102 Å². The molecule has 1 rings (SSSR count). The summed E-state index contributed by atoms with van der Waals surface area (Å²) in [6, 6.07) is 1.78. The predicted octanol–water partition coefficient (Wildman–Crippen LogP) is 0.490. The molecule has 0 saturated carbocycles.